The van der Waals surface area contributed by atoms with Crippen LogP contribution in [0.15, 0.2) is 30.7 Å². The zero-order valence-corrected chi connectivity index (χ0v) is 6.04. The van der Waals surface area contributed by atoms with Crippen LogP contribution in [-0.4, -0.2) is 15.0 Å². The highest BCUT2D eigenvalue weighted by molar-refractivity contribution is 5.09. The lowest BCUT2D eigenvalue weighted by molar-refractivity contribution is 0.991. The fourth-order valence-corrected chi connectivity index (χ4v) is 1.05. The molecule has 0 bridgehead atoms. The van der Waals surface area contributed by atoms with Crippen molar-refractivity contribution >= 4 is 0 Å². The molecule has 0 radical (unpaired) electrons. The van der Waals surface area contributed by atoms with Crippen molar-refractivity contribution in [2.75, 3.05) is 0 Å². The summed E-state index contributed by atoms with van der Waals surface area (Å²) in [6.07, 6.45) is 6.36. The highest BCUT2D eigenvalue weighted by atomic mass is 14.9. The maximum atomic E-state index is 4.12. The molecule has 2 heterocycles. The van der Waals surface area contributed by atoms with Crippen molar-refractivity contribution in [3.63, 3.8) is 0 Å². The van der Waals surface area contributed by atoms with E-state index in [2.05, 4.69) is 15.0 Å². The summed E-state index contributed by atoms with van der Waals surface area (Å²) in [6.45, 7) is 0. The number of nitrogens with one attached hydrogen (secondary N) is 2. The molecule has 0 aliphatic rings. The first kappa shape index (κ1) is 6.22. The predicted molar refractivity (Wildman–Crippen MR) is 42.2 cm³/mol. The van der Waals surface area contributed by atoms with E-state index in [1.54, 1.807) is 6.20 Å². The van der Waals surface area contributed by atoms with Gasteiger partial charge in [-0.2, -0.15) is 0 Å². The van der Waals surface area contributed by atoms with E-state index in [9.17, 15) is 0 Å². The standard InChI is InChI=1S/C8H9N3/c1-2-7(9-3-1)6-8-10-4-5-11-8/h1-5,9H,6H2,(H,10,11). The monoisotopic (exact) mass is 147 g/mol. The Morgan fingerprint density at radius 3 is 2.91 bits per heavy atom. The lowest BCUT2D eigenvalue weighted by Crippen LogP contribution is -1.89. The number of nitrogens with zero attached hydrogens (tertiary/aromatic N) is 1. The zero-order valence-electron chi connectivity index (χ0n) is 6.04. The lowest BCUT2D eigenvalue weighted by Gasteiger charge is -1.91. The first-order chi connectivity index (χ1) is 5.45. The summed E-state index contributed by atoms with van der Waals surface area (Å²) in [4.78, 5) is 10.3. The minimum absolute atomic E-state index is 0.847. The molecule has 0 amide bonds. The summed E-state index contributed by atoms with van der Waals surface area (Å²) in [5.74, 6) is 0.993. The third-order valence-corrected chi connectivity index (χ3v) is 1.58. The summed E-state index contributed by atoms with van der Waals surface area (Å²) in [7, 11) is 0. The van der Waals surface area contributed by atoms with Crippen LogP contribution >= 0.6 is 0 Å². The Balaban J connectivity index is 2.14. The van der Waals surface area contributed by atoms with Gasteiger partial charge in [-0.25, -0.2) is 4.98 Å². The summed E-state index contributed by atoms with van der Waals surface area (Å²) in [5.41, 5.74) is 1.18. The topological polar surface area (TPSA) is 44.5 Å². The molecule has 0 atom stereocenters. The van der Waals surface area contributed by atoms with E-state index in [1.807, 2.05) is 24.5 Å². The van der Waals surface area contributed by atoms with E-state index < -0.39 is 0 Å². The highest BCUT2D eigenvalue weighted by Gasteiger charge is 1.96. The number of aromatic nitrogens is 3. The molecular formula is C8H9N3. The van der Waals surface area contributed by atoms with E-state index in [0.29, 0.717) is 0 Å². The van der Waals surface area contributed by atoms with Gasteiger partial charge in [0.15, 0.2) is 0 Å². The first-order valence-corrected chi connectivity index (χ1v) is 3.55. The quantitative estimate of drug-likeness (QED) is 0.661. The van der Waals surface area contributed by atoms with Gasteiger partial charge in [0.2, 0.25) is 0 Å². The number of hydrogen-bond acceptors (Lipinski definition) is 1. The van der Waals surface area contributed by atoms with Gasteiger partial charge in [0, 0.05) is 30.7 Å². The second kappa shape index (κ2) is 2.62. The van der Waals surface area contributed by atoms with Crippen molar-refractivity contribution in [1.82, 2.24) is 15.0 Å². The van der Waals surface area contributed by atoms with Gasteiger partial charge in [0.25, 0.3) is 0 Å². The molecule has 0 unspecified atom stereocenters. The van der Waals surface area contributed by atoms with Gasteiger partial charge in [-0.15, -0.1) is 0 Å². The molecule has 56 valence electrons. The Labute approximate surface area is 64.5 Å². The van der Waals surface area contributed by atoms with Crippen LogP contribution in [0.1, 0.15) is 11.5 Å². The maximum absolute atomic E-state index is 4.12. The average molecular weight is 147 g/mol. The van der Waals surface area contributed by atoms with Crippen molar-refractivity contribution in [2.24, 2.45) is 0 Å². The first-order valence-electron chi connectivity index (χ1n) is 3.55. The van der Waals surface area contributed by atoms with Crippen molar-refractivity contribution in [2.45, 2.75) is 6.42 Å². The number of rotatable bonds is 2. The minimum Gasteiger partial charge on any atom is -0.365 e. The normalized spacial score (nSPS) is 10.2. The van der Waals surface area contributed by atoms with Crippen molar-refractivity contribution in [3.05, 3.63) is 42.2 Å². The summed E-state index contributed by atoms with van der Waals surface area (Å²) in [6, 6.07) is 4.03. The van der Waals surface area contributed by atoms with Crippen molar-refractivity contribution < 1.29 is 0 Å². The lowest BCUT2D eigenvalue weighted by atomic mass is 10.3. The Hall–Kier alpha value is -1.51. The van der Waals surface area contributed by atoms with Crippen LogP contribution in [0.25, 0.3) is 0 Å². The van der Waals surface area contributed by atoms with Gasteiger partial charge in [-0.1, -0.05) is 0 Å². The van der Waals surface area contributed by atoms with Crippen LogP contribution in [0.2, 0.25) is 0 Å². The second-order valence-corrected chi connectivity index (χ2v) is 2.41. The molecule has 0 aliphatic heterocycles. The molecule has 11 heavy (non-hydrogen) atoms. The molecule has 0 spiro atoms. The van der Waals surface area contributed by atoms with Crippen molar-refractivity contribution in [1.29, 1.82) is 0 Å². The van der Waals surface area contributed by atoms with Gasteiger partial charge in [0.05, 0.1) is 0 Å². The van der Waals surface area contributed by atoms with E-state index in [1.165, 1.54) is 5.69 Å². The molecule has 0 aliphatic carbocycles. The summed E-state index contributed by atoms with van der Waals surface area (Å²) in [5, 5.41) is 0. The maximum Gasteiger partial charge on any atom is 0.111 e. The Morgan fingerprint density at radius 1 is 1.27 bits per heavy atom. The van der Waals surface area contributed by atoms with Gasteiger partial charge in [0.1, 0.15) is 5.82 Å². The summed E-state index contributed by atoms with van der Waals surface area (Å²) < 4.78 is 0. The number of H-pyrrole nitrogens is 2. The largest absolute Gasteiger partial charge is 0.365 e. The van der Waals surface area contributed by atoms with Crippen LogP contribution < -0.4 is 0 Å². The van der Waals surface area contributed by atoms with Crippen molar-refractivity contribution in [3.8, 4) is 0 Å². The van der Waals surface area contributed by atoms with Gasteiger partial charge >= 0.3 is 0 Å². The predicted octanol–water partition coefficient (Wildman–Crippen LogP) is 1.33. The second-order valence-electron chi connectivity index (χ2n) is 2.41. The Morgan fingerprint density at radius 2 is 2.27 bits per heavy atom. The van der Waals surface area contributed by atoms with E-state index in [-0.39, 0.29) is 0 Å². The minimum atomic E-state index is 0.847. The Bertz CT molecular complexity index is 262. The third-order valence-electron chi connectivity index (χ3n) is 1.58. The number of imidazole rings is 1. The van der Waals surface area contributed by atoms with Crippen LogP contribution in [0.5, 0.6) is 0 Å². The molecule has 3 heteroatoms. The molecule has 0 saturated carbocycles. The fraction of sp³-hybridized carbons (Fsp3) is 0.125. The molecule has 0 saturated heterocycles. The van der Waals surface area contributed by atoms with Crippen LogP contribution in [0.3, 0.4) is 0 Å². The molecule has 2 aromatic heterocycles. The van der Waals surface area contributed by atoms with Gasteiger partial charge in [-0.05, 0) is 12.1 Å². The fourth-order valence-electron chi connectivity index (χ4n) is 1.05. The molecule has 2 N–H and O–H groups in total. The number of aromatic amines is 2. The van der Waals surface area contributed by atoms with Crippen LogP contribution in [0.4, 0.5) is 0 Å². The SMILES string of the molecule is c1c[nH]c(Cc2ncc[nH]2)c1. The summed E-state index contributed by atoms with van der Waals surface area (Å²) >= 11 is 0. The van der Waals surface area contributed by atoms with E-state index in [0.717, 1.165) is 12.2 Å². The van der Waals surface area contributed by atoms with E-state index in [4.69, 9.17) is 0 Å². The van der Waals surface area contributed by atoms with E-state index >= 15 is 0 Å². The molecule has 0 aromatic carbocycles. The number of hydrogen-bond donors (Lipinski definition) is 2. The molecule has 0 fully saturated rings. The zero-order chi connectivity index (χ0) is 7.52. The molecule has 2 rings (SSSR count). The van der Waals surface area contributed by atoms with Crippen LogP contribution in [-0.2, 0) is 6.42 Å². The average Bonchev–Trinajstić information content (AvgIpc) is 2.60. The van der Waals surface area contributed by atoms with Crippen LogP contribution in [0, 0.1) is 0 Å². The Kier molecular flexibility index (Phi) is 1.48. The smallest absolute Gasteiger partial charge is 0.111 e. The van der Waals surface area contributed by atoms with Gasteiger partial charge < -0.3 is 9.97 Å². The highest BCUT2D eigenvalue weighted by Crippen LogP contribution is 2.00. The molecule has 2 aromatic rings. The molecular weight excluding hydrogens is 138 g/mol. The molecule has 3 nitrogen and oxygen atoms in total. The van der Waals surface area contributed by atoms with Gasteiger partial charge in [-0.3, -0.25) is 0 Å². The third kappa shape index (κ3) is 1.32.